The lowest BCUT2D eigenvalue weighted by Gasteiger charge is -2.28. The molecule has 2 aliphatic heterocycles. The van der Waals surface area contributed by atoms with Crippen molar-refractivity contribution >= 4 is 5.91 Å². The number of amides is 1. The van der Waals surface area contributed by atoms with E-state index in [9.17, 15) is 4.79 Å². The van der Waals surface area contributed by atoms with Crippen LogP contribution in [0.5, 0.6) is 0 Å². The molecule has 16 heavy (non-hydrogen) atoms. The molecule has 92 valence electrons. The Morgan fingerprint density at radius 1 is 1.25 bits per heavy atom. The number of rotatable bonds is 3. The third kappa shape index (κ3) is 3.46. The van der Waals surface area contributed by atoms with Gasteiger partial charge < -0.3 is 15.0 Å². The second-order valence-corrected chi connectivity index (χ2v) is 4.72. The highest BCUT2D eigenvalue weighted by molar-refractivity contribution is 5.77. The second kappa shape index (κ2) is 6.21. The summed E-state index contributed by atoms with van der Waals surface area (Å²) in [7, 11) is 0. The first-order chi connectivity index (χ1) is 7.86. The fourth-order valence-corrected chi connectivity index (χ4v) is 2.39. The molecule has 0 spiro atoms. The molecule has 2 rings (SSSR count). The van der Waals surface area contributed by atoms with Crippen LogP contribution in [0.4, 0.5) is 0 Å². The normalized spacial score (nSPS) is 26.8. The van der Waals surface area contributed by atoms with Crippen molar-refractivity contribution in [3.05, 3.63) is 0 Å². The van der Waals surface area contributed by atoms with Crippen molar-refractivity contribution in [1.82, 2.24) is 10.2 Å². The van der Waals surface area contributed by atoms with Gasteiger partial charge in [0.15, 0.2) is 0 Å². The van der Waals surface area contributed by atoms with Gasteiger partial charge in [-0.15, -0.1) is 0 Å². The van der Waals surface area contributed by atoms with E-state index >= 15 is 0 Å². The van der Waals surface area contributed by atoms with Gasteiger partial charge in [-0.2, -0.15) is 0 Å². The Hall–Kier alpha value is -0.610. The standard InChI is InChI=1S/C12H22N2O2/c15-12(14-7-2-1-3-8-14)10-16-11-5-4-6-13-9-11/h11,13H,1-10H2/t11-/m0/s1. The summed E-state index contributed by atoms with van der Waals surface area (Å²) in [4.78, 5) is 13.8. The van der Waals surface area contributed by atoms with Gasteiger partial charge in [-0.25, -0.2) is 0 Å². The van der Waals surface area contributed by atoms with E-state index in [0.717, 1.165) is 51.9 Å². The summed E-state index contributed by atoms with van der Waals surface area (Å²) < 4.78 is 5.64. The fraction of sp³-hybridized carbons (Fsp3) is 0.917. The molecule has 2 aliphatic rings. The molecule has 0 aromatic heterocycles. The van der Waals surface area contributed by atoms with Gasteiger partial charge in [-0.05, 0) is 38.6 Å². The van der Waals surface area contributed by atoms with Crippen LogP contribution < -0.4 is 5.32 Å². The number of carbonyl (C=O) groups is 1. The smallest absolute Gasteiger partial charge is 0.248 e. The lowest BCUT2D eigenvalue weighted by molar-refractivity contribution is -0.139. The zero-order chi connectivity index (χ0) is 11.2. The number of hydrogen-bond donors (Lipinski definition) is 1. The first kappa shape index (κ1) is 11.9. The average molecular weight is 226 g/mol. The Balaban J connectivity index is 1.65. The first-order valence-electron chi connectivity index (χ1n) is 6.46. The van der Waals surface area contributed by atoms with Crippen LogP contribution in [0.2, 0.25) is 0 Å². The summed E-state index contributed by atoms with van der Waals surface area (Å²) in [5.74, 6) is 0.172. The largest absolute Gasteiger partial charge is 0.367 e. The predicted octanol–water partition coefficient (Wildman–Crippen LogP) is 0.767. The van der Waals surface area contributed by atoms with E-state index in [1.165, 1.54) is 6.42 Å². The van der Waals surface area contributed by atoms with Crippen molar-refractivity contribution < 1.29 is 9.53 Å². The molecule has 0 aromatic carbocycles. The Morgan fingerprint density at radius 3 is 2.75 bits per heavy atom. The molecule has 0 saturated carbocycles. The van der Waals surface area contributed by atoms with Crippen LogP contribution in [-0.2, 0) is 9.53 Å². The summed E-state index contributed by atoms with van der Waals surface area (Å²) in [6.45, 7) is 4.09. The van der Waals surface area contributed by atoms with E-state index in [0.29, 0.717) is 0 Å². The minimum atomic E-state index is 0.172. The van der Waals surface area contributed by atoms with Crippen molar-refractivity contribution in [3.8, 4) is 0 Å². The summed E-state index contributed by atoms with van der Waals surface area (Å²) in [6, 6.07) is 0. The minimum Gasteiger partial charge on any atom is -0.367 e. The highest BCUT2D eigenvalue weighted by atomic mass is 16.5. The van der Waals surface area contributed by atoms with Crippen LogP contribution in [0.3, 0.4) is 0 Å². The van der Waals surface area contributed by atoms with Crippen molar-refractivity contribution in [2.75, 3.05) is 32.8 Å². The zero-order valence-electron chi connectivity index (χ0n) is 9.91. The van der Waals surface area contributed by atoms with Crippen molar-refractivity contribution in [2.24, 2.45) is 0 Å². The summed E-state index contributed by atoms with van der Waals surface area (Å²) >= 11 is 0. The zero-order valence-corrected chi connectivity index (χ0v) is 9.91. The Kier molecular flexibility index (Phi) is 4.60. The molecule has 0 radical (unpaired) electrons. The molecule has 1 N–H and O–H groups in total. The molecule has 0 unspecified atom stereocenters. The van der Waals surface area contributed by atoms with Gasteiger partial charge in [0.1, 0.15) is 6.61 Å². The summed E-state index contributed by atoms with van der Waals surface area (Å²) in [5, 5.41) is 3.29. The third-order valence-corrected chi connectivity index (χ3v) is 3.40. The lowest BCUT2D eigenvalue weighted by Crippen LogP contribution is -2.41. The van der Waals surface area contributed by atoms with E-state index in [-0.39, 0.29) is 18.6 Å². The van der Waals surface area contributed by atoms with Gasteiger partial charge in [0.25, 0.3) is 0 Å². The van der Waals surface area contributed by atoms with Gasteiger partial charge in [-0.1, -0.05) is 0 Å². The summed E-state index contributed by atoms with van der Waals surface area (Å²) in [5.41, 5.74) is 0. The van der Waals surface area contributed by atoms with Gasteiger partial charge >= 0.3 is 0 Å². The van der Waals surface area contributed by atoms with Crippen LogP contribution in [0, 0.1) is 0 Å². The predicted molar refractivity (Wildman–Crippen MR) is 62.3 cm³/mol. The number of carbonyl (C=O) groups excluding carboxylic acids is 1. The molecule has 1 amide bonds. The monoisotopic (exact) mass is 226 g/mol. The molecule has 4 nitrogen and oxygen atoms in total. The minimum absolute atomic E-state index is 0.172. The molecular formula is C12H22N2O2. The molecular weight excluding hydrogens is 204 g/mol. The fourth-order valence-electron chi connectivity index (χ4n) is 2.39. The molecule has 0 aromatic rings. The van der Waals surface area contributed by atoms with Crippen molar-refractivity contribution in [1.29, 1.82) is 0 Å². The molecule has 2 fully saturated rings. The van der Waals surface area contributed by atoms with Crippen molar-refractivity contribution in [2.45, 2.75) is 38.2 Å². The molecule has 0 bridgehead atoms. The Labute approximate surface area is 97.3 Å². The topological polar surface area (TPSA) is 41.6 Å². The van der Waals surface area contributed by atoms with Crippen LogP contribution >= 0.6 is 0 Å². The number of nitrogens with one attached hydrogen (secondary N) is 1. The molecule has 2 heterocycles. The van der Waals surface area contributed by atoms with E-state index in [4.69, 9.17) is 4.74 Å². The molecule has 1 atom stereocenters. The van der Waals surface area contributed by atoms with Crippen LogP contribution in [-0.4, -0.2) is 49.7 Å². The maximum absolute atomic E-state index is 11.8. The van der Waals surface area contributed by atoms with Gasteiger partial charge in [0, 0.05) is 19.6 Å². The molecule has 2 saturated heterocycles. The van der Waals surface area contributed by atoms with E-state index in [1.807, 2.05) is 4.90 Å². The van der Waals surface area contributed by atoms with Crippen LogP contribution in [0.15, 0.2) is 0 Å². The van der Waals surface area contributed by atoms with E-state index in [2.05, 4.69) is 5.32 Å². The van der Waals surface area contributed by atoms with Crippen LogP contribution in [0.1, 0.15) is 32.1 Å². The van der Waals surface area contributed by atoms with Crippen LogP contribution in [0.25, 0.3) is 0 Å². The van der Waals surface area contributed by atoms with Gasteiger partial charge in [-0.3, -0.25) is 4.79 Å². The number of nitrogens with zero attached hydrogens (tertiary/aromatic N) is 1. The highest BCUT2D eigenvalue weighted by Gasteiger charge is 2.19. The van der Waals surface area contributed by atoms with E-state index in [1.54, 1.807) is 0 Å². The van der Waals surface area contributed by atoms with Gasteiger partial charge in [0.05, 0.1) is 6.10 Å². The maximum atomic E-state index is 11.8. The van der Waals surface area contributed by atoms with Crippen molar-refractivity contribution in [3.63, 3.8) is 0 Å². The Bertz CT molecular complexity index is 221. The number of ether oxygens (including phenoxy) is 1. The number of piperidine rings is 2. The van der Waals surface area contributed by atoms with Gasteiger partial charge in [0.2, 0.25) is 5.91 Å². The second-order valence-electron chi connectivity index (χ2n) is 4.72. The molecule has 4 heteroatoms. The average Bonchev–Trinajstić information content (AvgIpc) is 2.38. The maximum Gasteiger partial charge on any atom is 0.248 e. The highest BCUT2D eigenvalue weighted by Crippen LogP contribution is 2.10. The quantitative estimate of drug-likeness (QED) is 0.773. The number of likely N-dealkylation sites (tertiary alicyclic amines) is 1. The summed E-state index contributed by atoms with van der Waals surface area (Å²) in [6.07, 6.45) is 6.04. The Morgan fingerprint density at radius 2 is 2.06 bits per heavy atom. The number of hydrogen-bond acceptors (Lipinski definition) is 3. The van der Waals surface area contributed by atoms with E-state index < -0.39 is 0 Å². The SMILES string of the molecule is O=C(CO[C@H]1CCCNC1)N1CCCCC1. The third-order valence-electron chi connectivity index (χ3n) is 3.40. The lowest BCUT2D eigenvalue weighted by atomic mass is 10.1. The first-order valence-corrected chi connectivity index (χ1v) is 6.46. The molecule has 0 aliphatic carbocycles.